The maximum absolute atomic E-state index is 14.0. The van der Waals surface area contributed by atoms with Gasteiger partial charge in [-0.1, -0.05) is 36.4 Å². The van der Waals surface area contributed by atoms with Crippen molar-refractivity contribution in [3.8, 4) is 22.6 Å². The Morgan fingerprint density at radius 2 is 1.37 bits per heavy atom. The van der Waals surface area contributed by atoms with Crippen LogP contribution in [0.15, 0.2) is 89.5 Å². The van der Waals surface area contributed by atoms with Crippen LogP contribution in [0.5, 0.6) is 11.5 Å². The van der Waals surface area contributed by atoms with E-state index in [0.717, 1.165) is 5.56 Å². The SMILES string of the molecule is COc1cc(CCN(CCC(=O)O)C(=O)c2ccccc2-c2ccccc2C(=O)N(C)c2ccco2)cc(OC)c1. The fourth-order valence-corrected chi connectivity index (χ4v) is 4.54. The van der Waals surface area contributed by atoms with E-state index < -0.39 is 5.97 Å². The fraction of sp³-hybridized carbons (Fsp3) is 0.219. The third-order valence-corrected chi connectivity index (χ3v) is 6.71. The molecule has 1 heterocycles. The second kappa shape index (κ2) is 13.3. The van der Waals surface area contributed by atoms with Crippen LogP contribution in [0.3, 0.4) is 0 Å². The van der Waals surface area contributed by atoms with E-state index in [9.17, 15) is 19.5 Å². The highest BCUT2D eigenvalue weighted by atomic mass is 16.5. The van der Waals surface area contributed by atoms with Gasteiger partial charge >= 0.3 is 5.97 Å². The number of hydrogen-bond donors (Lipinski definition) is 1. The average Bonchev–Trinajstić information content (AvgIpc) is 3.55. The van der Waals surface area contributed by atoms with Crippen molar-refractivity contribution in [1.82, 2.24) is 4.90 Å². The Morgan fingerprint density at radius 1 is 0.780 bits per heavy atom. The third-order valence-electron chi connectivity index (χ3n) is 6.71. The molecule has 0 aliphatic rings. The van der Waals surface area contributed by atoms with E-state index in [4.69, 9.17) is 13.9 Å². The number of rotatable bonds is 12. The van der Waals surface area contributed by atoms with E-state index in [1.165, 1.54) is 16.1 Å². The number of amides is 2. The molecule has 0 aliphatic carbocycles. The van der Waals surface area contributed by atoms with Gasteiger partial charge in [0.2, 0.25) is 5.88 Å². The number of aliphatic carboxylic acids is 1. The zero-order chi connectivity index (χ0) is 29.4. The molecule has 0 saturated carbocycles. The summed E-state index contributed by atoms with van der Waals surface area (Å²) in [6.45, 7) is 0.282. The van der Waals surface area contributed by atoms with Crippen molar-refractivity contribution in [2.24, 2.45) is 0 Å². The summed E-state index contributed by atoms with van der Waals surface area (Å²) in [5, 5.41) is 9.38. The lowest BCUT2D eigenvalue weighted by atomic mass is 9.94. The fourth-order valence-electron chi connectivity index (χ4n) is 4.54. The van der Waals surface area contributed by atoms with E-state index in [0.29, 0.717) is 46.1 Å². The maximum Gasteiger partial charge on any atom is 0.305 e. The highest BCUT2D eigenvalue weighted by molar-refractivity contribution is 6.11. The number of furan rings is 1. The van der Waals surface area contributed by atoms with E-state index in [-0.39, 0.29) is 31.3 Å². The molecular formula is C32H32N2O7. The summed E-state index contributed by atoms with van der Waals surface area (Å²) < 4.78 is 16.1. The molecule has 41 heavy (non-hydrogen) atoms. The number of nitrogens with zero attached hydrogens (tertiary/aromatic N) is 2. The second-order valence-electron chi connectivity index (χ2n) is 9.31. The van der Waals surface area contributed by atoms with Crippen molar-refractivity contribution in [1.29, 1.82) is 0 Å². The molecule has 0 aliphatic heterocycles. The predicted molar refractivity (Wildman–Crippen MR) is 155 cm³/mol. The lowest BCUT2D eigenvalue weighted by molar-refractivity contribution is -0.137. The molecule has 0 radical (unpaired) electrons. The van der Waals surface area contributed by atoms with Gasteiger partial charge in [-0.2, -0.15) is 0 Å². The van der Waals surface area contributed by atoms with Crippen molar-refractivity contribution < 1.29 is 33.4 Å². The summed E-state index contributed by atoms with van der Waals surface area (Å²) >= 11 is 0. The van der Waals surface area contributed by atoms with Gasteiger partial charge in [0.05, 0.1) is 26.9 Å². The smallest absolute Gasteiger partial charge is 0.305 e. The number of carbonyl (C=O) groups is 3. The molecule has 9 heteroatoms. The Balaban J connectivity index is 1.67. The molecule has 0 fully saturated rings. The van der Waals surface area contributed by atoms with Gasteiger partial charge in [0, 0.05) is 43.4 Å². The standard InChI is InChI=1S/C32H32N2O7/c1-33(29-13-8-18-41-29)31(37)27-11-6-4-9-25(27)26-10-5-7-12-28(26)32(38)34(17-15-30(35)36)16-14-22-19-23(39-2)21-24(20-22)40-3/h4-13,18-21H,14-17H2,1-3H3,(H,35,36). The van der Waals surface area contributed by atoms with Crippen LogP contribution in [-0.4, -0.2) is 62.1 Å². The first-order chi connectivity index (χ1) is 19.8. The van der Waals surface area contributed by atoms with Crippen LogP contribution in [0.2, 0.25) is 0 Å². The first kappa shape index (κ1) is 28.9. The van der Waals surface area contributed by atoms with Gasteiger partial charge in [-0.15, -0.1) is 0 Å². The van der Waals surface area contributed by atoms with Gasteiger partial charge in [0.25, 0.3) is 11.8 Å². The Kier molecular flexibility index (Phi) is 9.42. The molecule has 2 amide bonds. The highest BCUT2D eigenvalue weighted by Crippen LogP contribution is 2.30. The minimum atomic E-state index is -1.00. The zero-order valence-corrected chi connectivity index (χ0v) is 23.2. The monoisotopic (exact) mass is 556 g/mol. The number of methoxy groups -OCH3 is 2. The number of anilines is 1. The Bertz CT molecular complexity index is 1490. The van der Waals surface area contributed by atoms with Gasteiger partial charge in [-0.25, -0.2) is 0 Å². The van der Waals surface area contributed by atoms with Crippen molar-refractivity contribution in [3.05, 3.63) is 102 Å². The van der Waals surface area contributed by atoms with Crippen LogP contribution in [0.4, 0.5) is 5.88 Å². The topological polar surface area (TPSA) is 110 Å². The number of benzene rings is 3. The molecule has 0 unspecified atom stereocenters. The van der Waals surface area contributed by atoms with Crippen molar-refractivity contribution >= 4 is 23.7 Å². The Hall–Kier alpha value is -5.05. The quantitative estimate of drug-likeness (QED) is 0.249. The first-order valence-electron chi connectivity index (χ1n) is 13.1. The molecule has 0 saturated heterocycles. The summed E-state index contributed by atoms with van der Waals surface area (Å²) in [5.74, 6) is -0.00659. The molecule has 0 atom stereocenters. The molecule has 9 nitrogen and oxygen atoms in total. The van der Waals surface area contributed by atoms with Crippen LogP contribution >= 0.6 is 0 Å². The summed E-state index contributed by atoms with van der Waals surface area (Å²) in [5.41, 5.74) is 2.78. The minimum Gasteiger partial charge on any atom is -0.497 e. The van der Waals surface area contributed by atoms with Gasteiger partial charge < -0.3 is 23.9 Å². The zero-order valence-electron chi connectivity index (χ0n) is 23.2. The van der Waals surface area contributed by atoms with Crippen molar-refractivity contribution in [3.63, 3.8) is 0 Å². The van der Waals surface area contributed by atoms with Gasteiger partial charge in [0.15, 0.2) is 0 Å². The lowest BCUT2D eigenvalue weighted by Gasteiger charge is -2.24. The van der Waals surface area contributed by atoms with Crippen LogP contribution in [0, 0.1) is 0 Å². The molecule has 3 aromatic carbocycles. The van der Waals surface area contributed by atoms with Gasteiger partial charge in [-0.05, 0) is 53.4 Å². The molecule has 4 rings (SSSR count). The Morgan fingerprint density at radius 3 is 1.90 bits per heavy atom. The van der Waals surface area contributed by atoms with E-state index in [2.05, 4.69) is 0 Å². The summed E-state index contributed by atoms with van der Waals surface area (Å²) in [4.78, 5) is 41.9. The van der Waals surface area contributed by atoms with Gasteiger partial charge in [-0.3, -0.25) is 19.3 Å². The number of ether oxygens (including phenoxy) is 2. The lowest BCUT2D eigenvalue weighted by Crippen LogP contribution is -2.35. The average molecular weight is 557 g/mol. The minimum absolute atomic E-state index is 0.0193. The van der Waals surface area contributed by atoms with E-state index in [1.54, 1.807) is 88.0 Å². The molecule has 212 valence electrons. The molecule has 4 aromatic rings. The second-order valence-corrected chi connectivity index (χ2v) is 9.31. The van der Waals surface area contributed by atoms with Crippen LogP contribution in [-0.2, 0) is 11.2 Å². The van der Waals surface area contributed by atoms with Crippen molar-refractivity contribution in [2.45, 2.75) is 12.8 Å². The van der Waals surface area contributed by atoms with Gasteiger partial charge in [0.1, 0.15) is 11.5 Å². The Labute approximate surface area is 238 Å². The van der Waals surface area contributed by atoms with E-state index in [1.807, 2.05) is 12.1 Å². The van der Waals surface area contributed by atoms with Crippen LogP contribution in [0.25, 0.3) is 11.1 Å². The van der Waals surface area contributed by atoms with Crippen LogP contribution in [0.1, 0.15) is 32.7 Å². The number of hydrogen-bond acceptors (Lipinski definition) is 6. The molecule has 0 bridgehead atoms. The largest absolute Gasteiger partial charge is 0.497 e. The summed E-state index contributed by atoms with van der Waals surface area (Å²) in [6.07, 6.45) is 1.73. The molecule has 1 N–H and O–H groups in total. The number of carboxylic acids is 1. The molecule has 1 aromatic heterocycles. The normalized spacial score (nSPS) is 10.6. The third kappa shape index (κ3) is 6.94. The molecule has 0 spiro atoms. The maximum atomic E-state index is 14.0. The molecular weight excluding hydrogens is 524 g/mol. The predicted octanol–water partition coefficient (Wildman–Crippen LogP) is 5.40. The highest BCUT2D eigenvalue weighted by Gasteiger charge is 2.24. The summed E-state index contributed by atoms with van der Waals surface area (Å²) in [6, 6.07) is 22.9. The number of carboxylic acid groups (broad SMARTS) is 1. The van der Waals surface area contributed by atoms with Crippen molar-refractivity contribution in [2.75, 3.05) is 39.3 Å². The summed E-state index contributed by atoms with van der Waals surface area (Å²) in [7, 11) is 4.75. The number of carbonyl (C=O) groups excluding carboxylic acids is 2. The first-order valence-corrected chi connectivity index (χ1v) is 13.1. The van der Waals surface area contributed by atoms with E-state index >= 15 is 0 Å². The van der Waals surface area contributed by atoms with Crippen LogP contribution < -0.4 is 14.4 Å².